The summed E-state index contributed by atoms with van der Waals surface area (Å²) >= 11 is 1.74. The zero-order chi connectivity index (χ0) is 13.2. The average Bonchev–Trinajstić information content (AvgIpc) is 2.88. The first-order chi connectivity index (χ1) is 8.76. The molecule has 0 aliphatic heterocycles. The predicted octanol–water partition coefficient (Wildman–Crippen LogP) is 1.75. The topological polar surface area (TPSA) is 39.7 Å². The molecule has 0 saturated heterocycles. The molecule has 0 amide bonds. The third kappa shape index (κ3) is 6.02. The van der Waals surface area contributed by atoms with E-state index < -0.39 is 0 Å². The Morgan fingerprint density at radius 3 is 2.83 bits per heavy atom. The molecule has 2 N–H and O–H groups in total. The second kappa shape index (κ2) is 8.94. The molecule has 0 atom stereocenters. The number of guanidine groups is 1. The number of rotatable bonds is 7. The molecule has 0 aliphatic carbocycles. The highest BCUT2D eigenvalue weighted by Gasteiger charge is 1.99. The van der Waals surface area contributed by atoms with Crippen molar-refractivity contribution in [2.45, 2.75) is 20.4 Å². The van der Waals surface area contributed by atoms with E-state index in [1.165, 1.54) is 4.88 Å². The van der Waals surface area contributed by atoms with Gasteiger partial charge in [-0.3, -0.25) is 0 Å². The molecule has 1 aromatic rings. The van der Waals surface area contributed by atoms with Gasteiger partial charge in [0.25, 0.3) is 0 Å². The van der Waals surface area contributed by atoms with Crippen molar-refractivity contribution in [1.29, 1.82) is 0 Å². The molecule has 18 heavy (non-hydrogen) atoms. The van der Waals surface area contributed by atoms with Crippen molar-refractivity contribution in [2.24, 2.45) is 4.99 Å². The van der Waals surface area contributed by atoms with Gasteiger partial charge in [-0.25, -0.2) is 4.99 Å². The number of hydrogen-bond acceptors (Lipinski definition) is 3. The molecule has 0 spiro atoms. The zero-order valence-electron chi connectivity index (χ0n) is 11.6. The molecule has 0 bridgehead atoms. The van der Waals surface area contributed by atoms with Gasteiger partial charge in [-0.2, -0.15) is 0 Å². The van der Waals surface area contributed by atoms with Crippen LogP contribution in [0.2, 0.25) is 0 Å². The Balaban J connectivity index is 2.36. The van der Waals surface area contributed by atoms with E-state index in [4.69, 9.17) is 0 Å². The van der Waals surface area contributed by atoms with Gasteiger partial charge in [0.2, 0.25) is 0 Å². The van der Waals surface area contributed by atoms with Crippen molar-refractivity contribution in [2.75, 3.05) is 33.2 Å². The Labute approximate surface area is 114 Å². The summed E-state index contributed by atoms with van der Waals surface area (Å²) in [4.78, 5) is 8.13. The molecule has 0 radical (unpaired) electrons. The molecule has 4 nitrogen and oxygen atoms in total. The van der Waals surface area contributed by atoms with Crippen molar-refractivity contribution in [3.63, 3.8) is 0 Å². The lowest BCUT2D eigenvalue weighted by molar-refractivity contribution is 0.357. The van der Waals surface area contributed by atoms with E-state index in [9.17, 15) is 0 Å². The molecule has 0 unspecified atom stereocenters. The van der Waals surface area contributed by atoms with Crippen LogP contribution in [0.3, 0.4) is 0 Å². The zero-order valence-corrected chi connectivity index (χ0v) is 12.4. The molecular formula is C13H24N4S. The van der Waals surface area contributed by atoms with Crippen LogP contribution in [0.25, 0.3) is 0 Å². The number of nitrogens with one attached hydrogen (secondary N) is 2. The highest BCUT2D eigenvalue weighted by molar-refractivity contribution is 7.09. The van der Waals surface area contributed by atoms with Crippen LogP contribution in [-0.2, 0) is 6.54 Å². The smallest absolute Gasteiger partial charge is 0.191 e. The van der Waals surface area contributed by atoms with Gasteiger partial charge >= 0.3 is 0 Å². The van der Waals surface area contributed by atoms with Gasteiger partial charge in [0.1, 0.15) is 0 Å². The van der Waals surface area contributed by atoms with Gasteiger partial charge in [0.05, 0.1) is 6.54 Å². The van der Waals surface area contributed by atoms with Crippen molar-refractivity contribution >= 4 is 17.3 Å². The van der Waals surface area contributed by atoms with Gasteiger partial charge in [-0.05, 0) is 32.0 Å². The molecule has 1 heterocycles. The van der Waals surface area contributed by atoms with E-state index in [1.54, 1.807) is 11.3 Å². The quantitative estimate of drug-likeness (QED) is 0.585. The average molecular weight is 268 g/mol. The van der Waals surface area contributed by atoms with Crippen LogP contribution in [0.4, 0.5) is 0 Å². The molecule has 0 aliphatic rings. The molecule has 0 saturated carbocycles. The van der Waals surface area contributed by atoms with E-state index in [0.29, 0.717) is 0 Å². The maximum absolute atomic E-state index is 4.56. The SMILES string of the molecule is CCNC(=NCc1cccs1)NCCN(C)CC. The Hall–Kier alpha value is -1.07. The monoisotopic (exact) mass is 268 g/mol. The number of thiophene rings is 1. The van der Waals surface area contributed by atoms with Crippen LogP contribution in [0.5, 0.6) is 0 Å². The fraction of sp³-hybridized carbons (Fsp3) is 0.615. The van der Waals surface area contributed by atoms with Gasteiger partial charge in [-0.1, -0.05) is 13.0 Å². The van der Waals surface area contributed by atoms with Crippen LogP contribution in [0, 0.1) is 0 Å². The number of likely N-dealkylation sites (N-methyl/N-ethyl adjacent to an activating group) is 1. The summed E-state index contributed by atoms with van der Waals surface area (Å²) in [6, 6.07) is 4.18. The summed E-state index contributed by atoms with van der Waals surface area (Å²) in [5.74, 6) is 0.899. The van der Waals surface area contributed by atoms with Crippen molar-refractivity contribution in [1.82, 2.24) is 15.5 Å². The van der Waals surface area contributed by atoms with Gasteiger partial charge in [-0.15, -0.1) is 11.3 Å². The fourth-order valence-electron chi connectivity index (χ4n) is 1.42. The van der Waals surface area contributed by atoms with Crippen LogP contribution in [-0.4, -0.2) is 44.1 Å². The largest absolute Gasteiger partial charge is 0.357 e. The lowest BCUT2D eigenvalue weighted by Gasteiger charge is -2.16. The summed E-state index contributed by atoms with van der Waals surface area (Å²) in [5, 5.41) is 8.70. The predicted molar refractivity (Wildman–Crippen MR) is 80.3 cm³/mol. The summed E-state index contributed by atoms with van der Waals surface area (Å²) < 4.78 is 0. The Kier molecular flexibility index (Phi) is 7.44. The second-order valence-corrected chi connectivity index (χ2v) is 5.13. The normalized spacial score (nSPS) is 11.9. The lowest BCUT2D eigenvalue weighted by Crippen LogP contribution is -2.40. The van der Waals surface area contributed by atoms with E-state index in [1.807, 2.05) is 0 Å². The molecule has 1 aromatic heterocycles. The van der Waals surface area contributed by atoms with Crippen LogP contribution in [0.1, 0.15) is 18.7 Å². The third-order valence-electron chi connectivity index (χ3n) is 2.64. The third-order valence-corrected chi connectivity index (χ3v) is 3.50. The molecule has 0 aromatic carbocycles. The minimum Gasteiger partial charge on any atom is -0.357 e. The molecular weight excluding hydrogens is 244 g/mol. The highest BCUT2D eigenvalue weighted by Crippen LogP contribution is 2.09. The fourth-order valence-corrected chi connectivity index (χ4v) is 2.05. The first kappa shape index (κ1) is 15.0. The minimum atomic E-state index is 0.747. The number of nitrogens with zero attached hydrogens (tertiary/aromatic N) is 2. The highest BCUT2D eigenvalue weighted by atomic mass is 32.1. The number of hydrogen-bond donors (Lipinski definition) is 2. The second-order valence-electron chi connectivity index (χ2n) is 4.10. The Bertz CT molecular complexity index is 335. The van der Waals surface area contributed by atoms with Gasteiger partial charge in [0.15, 0.2) is 5.96 Å². The standard InChI is InChI=1S/C13H24N4S/c1-4-14-13(15-8-9-17(3)5-2)16-11-12-7-6-10-18-12/h6-7,10H,4-5,8-9,11H2,1-3H3,(H2,14,15,16). The molecule has 0 fully saturated rings. The first-order valence-corrected chi connectivity index (χ1v) is 7.37. The number of aliphatic imine (C=N–C) groups is 1. The van der Waals surface area contributed by atoms with Crippen molar-refractivity contribution < 1.29 is 0 Å². The van der Waals surface area contributed by atoms with Crippen LogP contribution in [0.15, 0.2) is 22.5 Å². The summed E-state index contributed by atoms with van der Waals surface area (Å²) in [6.45, 7) is 8.90. The van der Waals surface area contributed by atoms with Crippen molar-refractivity contribution in [3.8, 4) is 0 Å². The first-order valence-electron chi connectivity index (χ1n) is 6.49. The van der Waals surface area contributed by atoms with E-state index >= 15 is 0 Å². The Morgan fingerprint density at radius 1 is 1.39 bits per heavy atom. The molecule has 102 valence electrons. The molecule has 1 rings (SSSR count). The van der Waals surface area contributed by atoms with Crippen LogP contribution < -0.4 is 10.6 Å². The summed E-state index contributed by atoms with van der Waals surface area (Å²) in [6.07, 6.45) is 0. The maximum atomic E-state index is 4.56. The maximum Gasteiger partial charge on any atom is 0.191 e. The van der Waals surface area contributed by atoms with Gasteiger partial charge in [0, 0.05) is 24.5 Å². The minimum absolute atomic E-state index is 0.747. The molecule has 5 heteroatoms. The summed E-state index contributed by atoms with van der Waals surface area (Å²) in [7, 11) is 2.12. The van der Waals surface area contributed by atoms with Crippen LogP contribution >= 0.6 is 11.3 Å². The van der Waals surface area contributed by atoms with Gasteiger partial charge < -0.3 is 15.5 Å². The van der Waals surface area contributed by atoms with E-state index in [-0.39, 0.29) is 0 Å². The summed E-state index contributed by atoms with van der Waals surface area (Å²) in [5.41, 5.74) is 0. The van der Waals surface area contributed by atoms with E-state index in [2.05, 4.69) is 58.9 Å². The lowest BCUT2D eigenvalue weighted by atomic mass is 10.5. The van der Waals surface area contributed by atoms with E-state index in [0.717, 1.165) is 38.7 Å². The van der Waals surface area contributed by atoms with Crippen molar-refractivity contribution in [3.05, 3.63) is 22.4 Å². The Morgan fingerprint density at radius 2 is 2.22 bits per heavy atom.